The molecule has 1 aromatic rings. The Kier molecular flexibility index (Phi) is 3.64. The monoisotopic (exact) mass is 261 g/mol. The third-order valence-electron chi connectivity index (χ3n) is 3.30. The van der Waals surface area contributed by atoms with Gasteiger partial charge < -0.3 is 9.64 Å². The number of benzene rings is 1. The summed E-state index contributed by atoms with van der Waals surface area (Å²) in [6, 6.07) is 6.59. The number of hydrogen-bond donors (Lipinski definition) is 0. The molecule has 1 heterocycles. The van der Waals surface area contributed by atoms with Gasteiger partial charge in [0, 0.05) is 24.6 Å². The Morgan fingerprint density at radius 1 is 1.26 bits per heavy atom. The molecule has 1 aliphatic heterocycles. The van der Waals surface area contributed by atoms with Crippen LogP contribution in [-0.2, 0) is 14.3 Å². The molecule has 19 heavy (non-hydrogen) atoms. The van der Waals surface area contributed by atoms with Gasteiger partial charge in [-0.1, -0.05) is 0 Å². The summed E-state index contributed by atoms with van der Waals surface area (Å²) < 4.78 is 4.61. The lowest BCUT2D eigenvalue weighted by atomic mass is 10.1. The molecule has 5 heteroatoms. The number of nitrogens with zero attached hydrogens (tertiary/aromatic N) is 1. The van der Waals surface area contributed by atoms with E-state index in [0.29, 0.717) is 17.8 Å². The predicted octanol–water partition coefficient (Wildman–Crippen LogP) is 1.42. The van der Waals surface area contributed by atoms with E-state index in [2.05, 4.69) is 4.74 Å². The predicted molar refractivity (Wildman–Crippen MR) is 68.9 cm³/mol. The number of carbonyl (C=O) groups is 3. The summed E-state index contributed by atoms with van der Waals surface area (Å²) in [6.07, 6.45) is 0.258. The molecule has 1 saturated heterocycles. The number of anilines is 1. The van der Waals surface area contributed by atoms with Crippen LogP contribution in [0.1, 0.15) is 23.7 Å². The Bertz CT molecular complexity index is 521. The summed E-state index contributed by atoms with van der Waals surface area (Å²) >= 11 is 0. The molecule has 100 valence electrons. The fraction of sp³-hybridized carbons (Fsp3) is 0.357. The van der Waals surface area contributed by atoms with Crippen molar-refractivity contribution >= 4 is 23.3 Å². The van der Waals surface area contributed by atoms with Gasteiger partial charge in [0.05, 0.1) is 12.7 Å². The van der Waals surface area contributed by atoms with Crippen LogP contribution in [0.5, 0.6) is 0 Å². The van der Waals surface area contributed by atoms with E-state index in [4.69, 9.17) is 0 Å². The average molecular weight is 261 g/mol. The number of methoxy groups -OCH3 is 1. The zero-order valence-corrected chi connectivity index (χ0v) is 10.9. The van der Waals surface area contributed by atoms with Crippen molar-refractivity contribution < 1.29 is 19.1 Å². The van der Waals surface area contributed by atoms with E-state index < -0.39 is 5.97 Å². The SMILES string of the molecule is COC(=O)c1ccc(N2CC(C(C)=O)CC2=O)cc1. The van der Waals surface area contributed by atoms with Crippen molar-refractivity contribution in [3.05, 3.63) is 29.8 Å². The van der Waals surface area contributed by atoms with Crippen LogP contribution in [0.2, 0.25) is 0 Å². The highest BCUT2D eigenvalue weighted by molar-refractivity contribution is 6.00. The second kappa shape index (κ2) is 5.22. The molecule has 0 saturated carbocycles. The molecule has 1 aromatic carbocycles. The second-order valence-electron chi connectivity index (χ2n) is 4.55. The highest BCUT2D eigenvalue weighted by Crippen LogP contribution is 2.25. The van der Waals surface area contributed by atoms with Gasteiger partial charge in [-0.2, -0.15) is 0 Å². The minimum atomic E-state index is -0.416. The summed E-state index contributed by atoms with van der Waals surface area (Å²) in [5.74, 6) is -0.679. The number of ether oxygens (including phenoxy) is 1. The first-order valence-electron chi connectivity index (χ1n) is 6.02. The van der Waals surface area contributed by atoms with Gasteiger partial charge >= 0.3 is 5.97 Å². The minimum absolute atomic E-state index is 0.0297. The van der Waals surface area contributed by atoms with Crippen molar-refractivity contribution in [3.63, 3.8) is 0 Å². The van der Waals surface area contributed by atoms with E-state index in [1.54, 1.807) is 29.2 Å². The number of hydrogen-bond acceptors (Lipinski definition) is 4. The van der Waals surface area contributed by atoms with Gasteiger partial charge in [-0.3, -0.25) is 9.59 Å². The number of esters is 1. The first-order chi connectivity index (χ1) is 9.02. The number of amides is 1. The van der Waals surface area contributed by atoms with E-state index in [0.717, 1.165) is 0 Å². The molecule has 1 unspecified atom stereocenters. The normalized spacial score (nSPS) is 18.5. The van der Waals surface area contributed by atoms with Gasteiger partial charge in [-0.05, 0) is 31.2 Å². The minimum Gasteiger partial charge on any atom is -0.465 e. The van der Waals surface area contributed by atoms with Crippen molar-refractivity contribution in [2.75, 3.05) is 18.6 Å². The average Bonchev–Trinajstić information content (AvgIpc) is 2.80. The van der Waals surface area contributed by atoms with Crippen LogP contribution in [0, 0.1) is 5.92 Å². The zero-order valence-electron chi connectivity index (χ0n) is 10.9. The van der Waals surface area contributed by atoms with E-state index in [1.807, 2.05) is 0 Å². The van der Waals surface area contributed by atoms with Crippen LogP contribution < -0.4 is 4.90 Å². The lowest BCUT2D eigenvalue weighted by Gasteiger charge is -2.16. The Labute approximate surface area is 111 Å². The van der Waals surface area contributed by atoms with Crippen LogP contribution in [0.25, 0.3) is 0 Å². The van der Waals surface area contributed by atoms with Gasteiger partial charge in [0.2, 0.25) is 5.91 Å². The summed E-state index contributed by atoms with van der Waals surface area (Å²) in [4.78, 5) is 36.0. The molecular weight excluding hydrogens is 246 g/mol. The van der Waals surface area contributed by atoms with Crippen molar-refractivity contribution in [1.82, 2.24) is 0 Å². The lowest BCUT2D eigenvalue weighted by Crippen LogP contribution is -2.25. The second-order valence-corrected chi connectivity index (χ2v) is 4.55. The van der Waals surface area contributed by atoms with Gasteiger partial charge in [0.15, 0.2) is 0 Å². The number of ketones is 1. The quantitative estimate of drug-likeness (QED) is 0.772. The Morgan fingerprint density at radius 3 is 2.37 bits per heavy atom. The van der Waals surface area contributed by atoms with Crippen LogP contribution in [-0.4, -0.2) is 31.3 Å². The smallest absolute Gasteiger partial charge is 0.337 e. The Morgan fingerprint density at radius 2 is 1.89 bits per heavy atom. The highest BCUT2D eigenvalue weighted by Gasteiger charge is 2.33. The van der Waals surface area contributed by atoms with Crippen molar-refractivity contribution in [3.8, 4) is 0 Å². The summed E-state index contributed by atoms with van der Waals surface area (Å²) in [5, 5.41) is 0. The molecule has 5 nitrogen and oxygen atoms in total. The topological polar surface area (TPSA) is 63.7 Å². The van der Waals surface area contributed by atoms with E-state index in [9.17, 15) is 14.4 Å². The van der Waals surface area contributed by atoms with Crippen LogP contribution in [0.3, 0.4) is 0 Å². The number of Topliss-reactive ketones (excluding diaryl/α,β-unsaturated/α-hetero) is 1. The van der Waals surface area contributed by atoms with E-state index in [-0.39, 0.29) is 24.0 Å². The molecule has 2 rings (SSSR count). The van der Waals surface area contributed by atoms with Crippen molar-refractivity contribution in [1.29, 1.82) is 0 Å². The maximum atomic E-state index is 11.8. The van der Waals surface area contributed by atoms with E-state index >= 15 is 0 Å². The van der Waals surface area contributed by atoms with Gasteiger partial charge in [0.25, 0.3) is 0 Å². The highest BCUT2D eigenvalue weighted by atomic mass is 16.5. The maximum Gasteiger partial charge on any atom is 0.337 e. The summed E-state index contributed by atoms with van der Waals surface area (Å²) in [6.45, 7) is 1.91. The van der Waals surface area contributed by atoms with Crippen LogP contribution in [0.15, 0.2) is 24.3 Å². The lowest BCUT2D eigenvalue weighted by molar-refractivity contribution is -0.123. The third kappa shape index (κ3) is 2.65. The Hall–Kier alpha value is -2.17. The first kappa shape index (κ1) is 13.3. The molecule has 1 atom stereocenters. The maximum absolute atomic E-state index is 11.8. The molecule has 0 aromatic heterocycles. The molecule has 0 N–H and O–H groups in total. The zero-order chi connectivity index (χ0) is 14.0. The standard InChI is InChI=1S/C14H15NO4/c1-9(16)11-7-13(17)15(8-11)12-5-3-10(4-6-12)14(18)19-2/h3-6,11H,7-8H2,1-2H3. The van der Waals surface area contributed by atoms with Gasteiger partial charge in [0.1, 0.15) is 5.78 Å². The molecular formula is C14H15NO4. The molecule has 1 aliphatic rings. The van der Waals surface area contributed by atoms with E-state index in [1.165, 1.54) is 14.0 Å². The van der Waals surface area contributed by atoms with Gasteiger partial charge in [-0.25, -0.2) is 4.79 Å². The number of rotatable bonds is 3. The first-order valence-corrected chi connectivity index (χ1v) is 6.02. The largest absolute Gasteiger partial charge is 0.465 e. The molecule has 1 amide bonds. The van der Waals surface area contributed by atoms with Crippen LogP contribution in [0.4, 0.5) is 5.69 Å². The molecule has 0 aliphatic carbocycles. The summed E-state index contributed by atoms with van der Waals surface area (Å²) in [7, 11) is 1.32. The third-order valence-corrected chi connectivity index (χ3v) is 3.30. The fourth-order valence-corrected chi connectivity index (χ4v) is 2.12. The van der Waals surface area contributed by atoms with Crippen molar-refractivity contribution in [2.45, 2.75) is 13.3 Å². The fourth-order valence-electron chi connectivity index (χ4n) is 2.12. The molecule has 1 fully saturated rings. The molecule has 0 bridgehead atoms. The van der Waals surface area contributed by atoms with Crippen molar-refractivity contribution in [2.24, 2.45) is 5.92 Å². The Balaban J connectivity index is 2.17. The molecule has 0 radical (unpaired) electrons. The summed E-state index contributed by atoms with van der Waals surface area (Å²) in [5.41, 5.74) is 1.13. The number of carbonyl (C=O) groups excluding carboxylic acids is 3. The molecule has 0 spiro atoms. The van der Waals surface area contributed by atoms with Gasteiger partial charge in [-0.15, -0.1) is 0 Å². The van der Waals surface area contributed by atoms with Crippen LogP contribution >= 0.6 is 0 Å².